The molecule has 0 amide bonds. The number of aromatic nitrogens is 1. The summed E-state index contributed by atoms with van der Waals surface area (Å²) in [7, 11) is 0. The number of hydrogen-bond donors (Lipinski definition) is 2. The van der Waals surface area contributed by atoms with E-state index in [0.717, 1.165) is 17.8 Å². The van der Waals surface area contributed by atoms with Gasteiger partial charge in [-0.2, -0.15) is 0 Å². The van der Waals surface area contributed by atoms with Crippen LogP contribution in [0.5, 0.6) is 0 Å². The van der Waals surface area contributed by atoms with Crippen molar-refractivity contribution in [2.24, 2.45) is 5.73 Å². The van der Waals surface area contributed by atoms with Crippen molar-refractivity contribution < 1.29 is 9.90 Å². The first-order valence-corrected chi connectivity index (χ1v) is 4.43. The number of nitrogens with two attached hydrogens (primary N) is 1. The Labute approximate surface area is 74.0 Å². The molecule has 0 saturated heterocycles. The molecule has 4 nitrogen and oxygen atoms in total. The number of hydrogen-bond acceptors (Lipinski definition) is 4. The average molecular weight is 186 g/mol. The number of carboxylic acids is 1. The summed E-state index contributed by atoms with van der Waals surface area (Å²) in [5.74, 6) is -0.911. The lowest BCUT2D eigenvalue weighted by Crippen LogP contribution is -1.99. The number of carboxylic acid groups (broad SMARTS) is 1. The smallest absolute Gasteiger partial charge is 0.347 e. The van der Waals surface area contributed by atoms with E-state index >= 15 is 0 Å². The van der Waals surface area contributed by atoms with Gasteiger partial charge in [0.1, 0.15) is 4.88 Å². The predicted molar refractivity (Wildman–Crippen MR) is 46.4 cm³/mol. The Hall–Kier alpha value is -0.940. The van der Waals surface area contributed by atoms with Crippen LogP contribution in [-0.4, -0.2) is 22.6 Å². The molecule has 1 aromatic rings. The molecule has 0 fully saturated rings. The van der Waals surface area contributed by atoms with Crippen LogP contribution in [0.4, 0.5) is 0 Å². The highest BCUT2D eigenvalue weighted by atomic mass is 32.1. The van der Waals surface area contributed by atoms with Gasteiger partial charge < -0.3 is 10.8 Å². The van der Waals surface area contributed by atoms with Crippen molar-refractivity contribution >= 4 is 17.3 Å². The van der Waals surface area contributed by atoms with E-state index in [2.05, 4.69) is 4.98 Å². The number of aromatic carboxylic acids is 1. The normalized spacial score (nSPS) is 10.1. The fraction of sp³-hybridized carbons (Fsp3) is 0.429. The fourth-order valence-corrected chi connectivity index (χ4v) is 1.58. The quantitative estimate of drug-likeness (QED) is 0.726. The highest BCUT2D eigenvalue weighted by molar-refractivity contribution is 7.13. The topological polar surface area (TPSA) is 76.2 Å². The maximum atomic E-state index is 10.4. The van der Waals surface area contributed by atoms with Gasteiger partial charge in [-0.1, -0.05) is 0 Å². The molecular formula is C7H10N2O2S. The molecule has 0 aliphatic heterocycles. The summed E-state index contributed by atoms with van der Waals surface area (Å²) in [5, 5.41) is 9.41. The highest BCUT2D eigenvalue weighted by Gasteiger charge is 2.07. The van der Waals surface area contributed by atoms with Crippen LogP contribution >= 0.6 is 11.3 Å². The zero-order chi connectivity index (χ0) is 8.97. The molecular weight excluding hydrogens is 176 g/mol. The Bertz CT molecular complexity index is 272. The molecule has 0 radical (unpaired) electrons. The molecule has 1 rings (SSSR count). The first-order chi connectivity index (χ1) is 5.74. The van der Waals surface area contributed by atoms with E-state index < -0.39 is 5.97 Å². The molecule has 0 saturated carbocycles. The van der Waals surface area contributed by atoms with Crippen molar-refractivity contribution in [1.82, 2.24) is 4.98 Å². The van der Waals surface area contributed by atoms with Crippen molar-refractivity contribution in [1.29, 1.82) is 0 Å². The summed E-state index contributed by atoms with van der Waals surface area (Å²) in [4.78, 5) is 14.7. The zero-order valence-corrected chi connectivity index (χ0v) is 7.30. The lowest BCUT2D eigenvalue weighted by atomic mass is 10.3. The molecule has 0 aliphatic carbocycles. The van der Waals surface area contributed by atoms with Crippen LogP contribution in [0.25, 0.3) is 0 Å². The summed E-state index contributed by atoms with van der Waals surface area (Å²) in [6.07, 6.45) is 3.01. The average Bonchev–Trinajstić information content (AvgIpc) is 2.48. The monoisotopic (exact) mass is 186 g/mol. The standard InChI is InChI=1S/C7H10N2O2S/c8-3-1-2-6-9-4-5(12-6)7(10)11/h4H,1-3,8H2,(H,10,11). The molecule has 1 aromatic heterocycles. The Morgan fingerprint density at radius 2 is 2.50 bits per heavy atom. The third-order valence-corrected chi connectivity index (χ3v) is 2.40. The lowest BCUT2D eigenvalue weighted by molar-refractivity contribution is 0.0702. The number of aryl methyl sites for hydroxylation is 1. The first kappa shape index (κ1) is 9.15. The molecule has 0 unspecified atom stereocenters. The van der Waals surface area contributed by atoms with Gasteiger partial charge in [-0.3, -0.25) is 0 Å². The molecule has 0 aliphatic rings. The van der Waals surface area contributed by atoms with Crippen LogP contribution in [0.2, 0.25) is 0 Å². The van der Waals surface area contributed by atoms with E-state index in [-0.39, 0.29) is 0 Å². The van der Waals surface area contributed by atoms with Gasteiger partial charge in [-0.05, 0) is 13.0 Å². The van der Waals surface area contributed by atoms with E-state index in [0.29, 0.717) is 11.4 Å². The molecule has 0 spiro atoms. The van der Waals surface area contributed by atoms with E-state index in [1.165, 1.54) is 17.5 Å². The van der Waals surface area contributed by atoms with Crippen molar-refractivity contribution in [3.8, 4) is 0 Å². The number of carbonyl (C=O) groups is 1. The maximum Gasteiger partial charge on any atom is 0.347 e. The van der Waals surface area contributed by atoms with Crippen LogP contribution < -0.4 is 5.73 Å². The van der Waals surface area contributed by atoms with Gasteiger partial charge in [0.2, 0.25) is 0 Å². The SMILES string of the molecule is NCCCc1ncc(C(=O)O)s1. The van der Waals surface area contributed by atoms with Gasteiger partial charge >= 0.3 is 5.97 Å². The molecule has 5 heteroatoms. The number of thiazole rings is 1. The fourth-order valence-electron chi connectivity index (χ4n) is 0.778. The highest BCUT2D eigenvalue weighted by Crippen LogP contribution is 2.13. The molecule has 0 atom stereocenters. The van der Waals surface area contributed by atoms with Crippen molar-refractivity contribution in [2.45, 2.75) is 12.8 Å². The Morgan fingerprint density at radius 3 is 3.00 bits per heavy atom. The van der Waals surface area contributed by atoms with Crippen LogP contribution in [0.3, 0.4) is 0 Å². The summed E-state index contributed by atoms with van der Waals surface area (Å²) in [6, 6.07) is 0. The second kappa shape index (κ2) is 4.18. The van der Waals surface area contributed by atoms with E-state index in [1.807, 2.05) is 0 Å². The molecule has 3 N–H and O–H groups in total. The number of nitrogens with zero attached hydrogens (tertiary/aromatic N) is 1. The second-order valence-electron chi connectivity index (χ2n) is 2.32. The van der Waals surface area contributed by atoms with E-state index in [9.17, 15) is 4.79 Å². The van der Waals surface area contributed by atoms with Crippen molar-refractivity contribution in [3.05, 3.63) is 16.1 Å². The van der Waals surface area contributed by atoms with Gasteiger partial charge in [0.05, 0.1) is 11.2 Å². The minimum absolute atomic E-state index is 0.294. The third-order valence-electron chi connectivity index (χ3n) is 1.36. The summed E-state index contributed by atoms with van der Waals surface area (Å²) >= 11 is 1.21. The van der Waals surface area contributed by atoms with Gasteiger partial charge in [-0.15, -0.1) is 11.3 Å². The van der Waals surface area contributed by atoms with Crippen molar-refractivity contribution in [2.75, 3.05) is 6.54 Å². The van der Waals surface area contributed by atoms with Crippen LogP contribution in [0.1, 0.15) is 21.1 Å². The Morgan fingerprint density at radius 1 is 1.75 bits per heavy atom. The van der Waals surface area contributed by atoms with Gasteiger partial charge in [-0.25, -0.2) is 9.78 Å². The van der Waals surface area contributed by atoms with E-state index in [1.54, 1.807) is 0 Å². The minimum atomic E-state index is -0.911. The van der Waals surface area contributed by atoms with Gasteiger partial charge in [0.25, 0.3) is 0 Å². The van der Waals surface area contributed by atoms with E-state index in [4.69, 9.17) is 10.8 Å². The summed E-state index contributed by atoms with van der Waals surface area (Å²) < 4.78 is 0. The predicted octanol–water partition coefficient (Wildman–Crippen LogP) is 0.733. The van der Waals surface area contributed by atoms with Gasteiger partial charge in [0, 0.05) is 6.42 Å². The summed E-state index contributed by atoms with van der Waals surface area (Å²) in [6.45, 7) is 0.613. The Kier molecular flexibility index (Phi) is 3.19. The molecule has 0 aromatic carbocycles. The molecule has 12 heavy (non-hydrogen) atoms. The van der Waals surface area contributed by atoms with Gasteiger partial charge in [0.15, 0.2) is 0 Å². The first-order valence-electron chi connectivity index (χ1n) is 3.62. The van der Waals surface area contributed by atoms with Crippen LogP contribution in [0, 0.1) is 0 Å². The lowest BCUT2D eigenvalue weighted by Gasteiger charge is -1.90. The number of rotatable bonds is 4. The largest absolute Gasteiger partial charge is 0.477 e. The van der Waals surface area contributed by atoms with Crippen LogP contribution in [0.15, 0.2) is 6.20 Å². The van der Waals surface area contributed by atoms with Crippen LogP contribution in [-0.2, 0) is 6.42 Å². The third kappa shape index (κ3) is 2.28. The molecule has 1 heterocycles. The molecule has 0 bridgehead atoms. The van der Waals surface area contributed by atoms with Crippen molar-refractivity contribution in [3.63, 3.8) is 0 Å². The second-order valence-corrected chi connectivity index (χ2v) is 3.43. The Balaban J connectivity index is 2.58. The molecule has 66 valence electrons. The minimum Gasteiger partial charge on any atom is -0.477 e. The summed E-state index contributed by atoms with van der Waals surface area (Å²) in [5.41, 5.74) is 5.30. The maximum absolute atomic E-state index is 10.4. The zero-order valence-electron chi connectivity index (χ0n) is 6.49.